The molecule has 0 saturated heterocycles. The Balaban J connectivity index is 1.70. The molecular formula is C20H20FN3O3S2. The van der Waals surface area contributed by atoms with Crippen molar-refractivity contribution < 1.29 is 17.6 Å². The third-order valence-corrected chi connectivity index (χ3v) is 5.78. The number of carbonyl (C=O) groups excluding carboxylic acids is 1. The van der Waals surface area contributed by atoms with Gasteiger partial charge in [0.05, 0.1) is 24.1 Å². The third-order valence-electron chi connectivity index (χ3n) is 4.11. The number of anilines is 2. The smallest absolute Gasteiger partial charge is 0.230 e. The van der Waals surface area contributed by atoms with Crippen LogP contribution in [0.4, 0.5) is 15.2 Å². The first-order chi connectivity index (χ1) is 13.7. The molecule has 9 heteroatoms. The number of rotatable bonds is 7. The van der Waals surface area contributed by atoms with Crippen LogP contribution >= 0.6 is 11.3 Å². The number of hydrogen-bond acceptors (Lipinski definition) is 5. The first kappa shape index (κ1) is 20.9. The van der Waals surface area contributed by atoms with E-state index in [4.69, 9.17) is 0 Å². The number of aryl methyl sites for hydroxylation is 1. The fourth-order valence-corrected chi connectivity index (χ4v) is 4.37. The lowest BCUT2D eigenvalue weighted by Crippen LogP contribution is -2.17. The summed E-state index contributed by atoms with van der Waals surface area (Å²) in [5.74, 6) is -0.597. The second kappa shape index (κ2) is 8.71. The number of carbonyl (C=O) groups is 1. The molecule has 0 atom stereocenters. The molecule has 0 saturated carbocycles. The highest BCUT2D eigenvalue weighted by Crippen LogP contribution is 2.26. The first-order valence-electron chi connectivity index (χ1n) is 8.76. The largest absolute Gasteiger partial charge is 0.302 e. The Bertz CT molecular complexity index is 1140. The lowest BCUT2D eigenvalue weighted by molar-refractivity contribution is -0.115. The van der Waals surface area contributed by atoms with Crippen LogP contribution in [0, 0.1) is 12.7 Å². The van der Waals surface area contributed by atoms with Crippen LogP contribution < -0.4 is 10.0 Å². The van der Waals surface area contributed by atoms with Gasteiger partial charge in [-0.15, -0.1) is 11.3 Å². The van der Waals surface area contributed by atoms with E-state index < -0.39 is 10.0 Å². The number of para-hydroxylation sites is 1. The van der Waals surface area contributed by atoms with Crippen LogP contribution in [0.2, 0.25) is 0 Å². The standard InChI is InChI=1S/C20H20FN3O3S2/c1-13-18(11-14-7-3-5-9-16(14)21)28-20(22-13)23-19(25)12-15-8-4-6-10-17(15)24-29(2,26)27/h3-10,24H,11-12H2,1-2H3,(H,22,23,25). The van der Waals surface area contributed by atoms with Crippen LogP contribution in [-0.2, 0) is 27.7 Å². The Morgan fingerprint density at radius 2 is 1.76 bits per heavy atom. The van der Waals surface area contributed by atoms with E-state index in [1.807, 2.05) is 6.92 Å². The van der Waals surface area contributed by atoms with Crippen LogP contribution in [0.15, 0.2) is 48.5 Å². The first-order valence-corrected chi connectivity index (χ1v) is 11.5. The van der Waals surface area contributed by atoms with Crippen LogP contribution in [0.25, 0.3) is 0 Å². The molecule has 0 aliphatic rings. The number of nitrogens with zero attached hydrogens (tertiary/aromatic N) is 1. The zero-order valence-electron chi connectivity index (χ0n) is 15.9. The fourth-order valence-electron chi connectivity index (χ4n) is 2.77. The molecule has 2 aromatic carbocycles. The molecular weight excluding hydrogens is 413 g/mol. The highest BCUT2D eigenvalue weighted by Gasteiger charge is 2.15. The number of hydrogen-bond donors (Lipinski definition) is 2. The molecule has 2 N–H and O–H groups in total. The van der Waals surface area contributed by atoms with E-state index in [2.05, 4.69) is 15.0 Å². The number of thiazole rings is 1. The second-order valence-electron chi connectivity index (χ2n) is 6.55. The molecule has 1 aromatic heterocycles. The summed E-state index contributed by atoms with van der Waals surface area (Å²) < 4.78 is 39.3. The molecule has 1 heterocycles. The Labute approximate surface area is 172 Å². The average Bonchev–Trinajstić information content (AvgIpc) is 2.96. The summed E-state index contributed by atoms with van der Waals surface area (Å²) in [5.41, 5.74) is 2.21. The number of halogens is 1. The minimum Gasteiger partial charge on any atom is -0.302 e. The molecule has 29 heavy (non-hydrogen) atoms. The van der Waals surface area contributed by atoms with Crippen molar-refractivity contribution >= 4 is 38.1 Å². The molecule has 3 aromatic rings. The van der Waals surface area contributed by atoms with Crippen molar-refractivity contribution in [2.45, 2.75) is 19.8 Å². The van der Waals surface area contributed by atoms with Gasteiger partial charge in [0, 0.05) is 11.3 Å². The topological polar surface area (TPSA) is 88.2 Å². The normalized spacial score (nSPS) is 11.3. The van der Waals surface area contributed by atoms with E-state index >= 15 is 0 Å². The van der Waals surface area contributed by atoms with Gasteiger partial charge < -0.3 is 5.32 Å². The van der Waals surface area contributed by atoms with E-state index in [9.17, 15) is 17.6 Å². The summed E-state index contributed by atoms with van der Waals surface area (Å²) in [7, 11) is -3.45. The van der Waals surface area contributed by atoms with E-state index in [0.717, 1.165) is 16.8 Å². The molecule has 0 spiro atoms. The monoisotopic (exact) mass is 433 g/mol. The highest BCUT2D eigenvalue weighted by molar-refractivity contribution is 7.92. The number of benzene rings is 2. The van der Waals surface area contributed by atoms with Crippen molar-refractivity contribution in [1.82, 2.24) is 4.98 Å². The van der Waals surface area contributed by atoms with Gasteiger partial charge in [-0.25, -0.2) is 17.8 Å². The molecule has 1 amide bonds. The van der Waals surface area contributed by atoms with Gasteiger partial charge in [-0.2, -0.15) is 0 Å². The number of nitrogens with one attached hydrogen (secondary N) is 2. The predicted octanol–water partition coefficient (Wildman–Crippen LogP) is 3.73. The zero-order valence-corrected chi connectivity index (χ0v) is 17.5. The second-order valence-corrected chi connectivity index (χ2v) is 9.38. The van der Waals surface area contributed by atoms with Crippen LogP contribution in [0.5, 0.6) is 0 Å². The molecule has 0 fully saturated rings. The van der Waals surface area contributed by atoms with Gasteiger partial charge in [0.1, 0.15) is 5.82 Å². The number of sulfonamides is 1. The maximum atomic E-state index is 13.9. The van der Waals surface area contributed by atoms with Gasteiger partial charge in [-0.3, -0.25) is 9.52 Å². The van der Waals surface area contributed by atoms with Crippen molar-refractivity contribution in [2.24, 2.45) is 0 Å². The lowest BCUT2D eigenvalue weighted by atomic mass is 10.1. The summed E-state index contributed by atoms with van der Waals surface area (Å²) >= 11 is 1.29. The van der Waals surface area contributed by atoms with Crippen molar-refractivity contribution in [3.8, 4) is 0 Å². The molecule has 6 nitrogen and oxygen atoms in total. The van der Waals surface area contributed by atoms with Crippen molar-refractivity contribution in [2.75, 3.05) is 16.3 Å². The molecule has 152 valence electrons. The van der Waals surface area contributed by atoms with Crippen LogP contribution in [-0.4, -0.2) is 25.6 Å². The molecule has 0 aliphatic carbocycles. The average molecular weight is 434 g/mol. The van der Waals surface area contributed by atoms with Gasteiger partial charge >= 0.3 is 0 Å². The predicted molar refractivity (Wildman–Crippen MR) is 113 cm³/mol. The van der Waals surface area contributed by atoms with Crippen molar-refractivity contribution in [3.63, 3.8) is 0 Å². The minimum absolute atomic E-state index is 0.0139. The molecule has 3 rings (SSSR count). The van der Waals surface area contributed by atoms with Crippen molar-refractivity contribution in [1.29, 1.82) is 0 Å². The Hall–Kier alpha value is -2.78. The third kappa shape index (κ3) is 5.85. The van der Waals surface area contributed by atoms with Gasteiger partial charge in [0.25, 0.3) is 0 Å². The Morgan fingerprint density at radius 3 is 2.45 bits per heavy atom. The van der Waals surface area contributed by atoms with Gasteiger partial charge in [0.15, 0.2) is 5.13 Å². The van der Waals surface area contributed by atoms with E-state index in [1.54, 1.807) is 42.5 Å². The minimum atomic E-state index is -3.45. The maximum Gasteiger partial charge on any atom is 0.230 e. The fraction of sp³-hybridized carbons (Fsp3) is 0.200. The summed E-state index contributed by atoms with van der Waals surface area (Å²) in [4.78, 5) is 17.7. The molecule has 0 radical (unpaired) electrons. The summed E-state index contributed by atoms with van der Waals surface area (Å²) in [6, 6.07) is 13.3. The summed E-state index contributed by atoms with van der Waals surface area (Å²) in [6.45, 7) is 1.81. The van der Waals surface area contributed by atoms with Crippen LogP contribution in [0.3, 0.4) is 0 Å². The maximum absolute atomic E-state index is 13.9. The Kier molecular flexibility index (Phi) is 6.29. The number of amides is 1. The summed E-state index contributed by atoms with van der Waals surface area (Å²) in [6.07, 6.45) is 1.44. The molecule has 0 aliphatic heterocycles. The quantitative estimate of drug-likeness (QED) is 0.594. The van der Waals surface area contributed by atoms with Gasteiger partial charge in [-0.1, -0.05) is 36.4 Å². The van der Waals surface area contributed by atoms with Gasteiger partial charge in [-0.05, 0) is 30.2 Å². The van der Waals surface area contributed by atoms with Gasteiger partial charge in [0.2, 0.25) is 15.9 Å². The molecule has 0 unspecified atom stereocenters. The highest BCUT2D eigenvalue weighted by atomic mass is 32.2. The van der Waals surface area contributed by atoms with E-state index in [1.165, 1.54) is 17.4 Å². The number of aromatic nitrogens is 1. The summed E-state index contributed by atoms with van der Waals surface area (Å²) in [5, 5.41) is 3.16. The zero-order chi connectivity index (χ0) is 21.0. The van der Waals surface area contributed by atoms with E-state index in [-0.39, 0.29) is 18.1 Å². The Morgan fingerprint density at radius 1 is 1.10 bits per heavy atom. The van der Waals surface area contributed by atoms with Crippen molar-refractivity contribution in [3.05, 3.63) is 76.0 Å². The SMILES string of the molecule is Cc1nc(NC(=O)Cc2ccccc2NS(C)(=O)=O)sc1Cc1ccccc1F. The molecule has 0 bridgehead atoms. The lowest BCUT2D eigenvalue weighted by Gasteiger charge is -2.10. The van der Waals surface area contributed by atoms with Crippen LogP contribution in [0.1, 0.15) is 21.7 Å². The van der Waals surface area contributed by atoms with E-state index in [0.29, 0.717) is 28.4 Å².